The highest BCUT2D eigenvalue weighted by Crippen LogP contribution is 2.10. The van der Waals surface area contributed by atoms with E-state index in [0.29, 0.717) is 6.61 Å². The first-order chi connectivity index (χ1) is 6.95. The smallest absolute Gasteiger partial charge is 0.0947 e. The molecule has 0 atom stereocenters. The first-order valence-electron chi connectivity index (χ1n) is 5.06. The van der Waals surface area contributed by atoms with Crippen LogP contribution in [-0.4, -0.2) is 6.61 Å². The molecule has 2 heteroatoms. The molecule has 1 aromatic rings. The zero-order valence-corrected chi connectivity index (χ0v) is 8.20. The summed E-state index contributed by atoms with van der Waals surface area (Å²) in [5.74, 6) is 0. The molecule has 14 heavy (non-hydrogen) atoms. The van der Waals surface area contributed by atoms with Crippen LogP contribution >= 0.6 is 0 Å². The highest BCUT2D eigenvalue weighted by Gasteiger charge is 2.02. The molecule has 0 amide bonds. The first-order valence-corrected chi connectivity index (χ1v) is 5.06. The lowest BCUT2D eigenvalue weighted by atomic mass is 10.1. The van der Waals surface area contributed by atoms with Crippen molar-refractivity contribution < 1.29 is 4.84 Å². The molecular formula is C12H15NO. The maximum Gasteiger partial charge on any atom is 0.0947 e. The van der Waals surface area contributed by atoms with Gasteiger partial charge in [-0.05, 0) is 30.9 Å². The van der Waals surface area contributed by atoms with Crippen molar-refractivity contribution in [1.82, 2.24) is 5.48 Å². The molecule has 0 bridgehead atoms. The normalized spacial score (nSPS) is 15.0. The third kappa shape index (κ3) is 2.60. The van der Waals surface area contributed by atoms with Crippen LogP contribution in [0.25, 0.3) is 0 Å². The minimum Gasteiger partial charge on any atom is -0.272 e. The third-order valence-electron chi connectivity index (χ3n) is 2.37. The van der Waals surface area contributed by atoms with Crippen LogP contribution in [0.15, 0.2) is 42.1 Å². The highest BCUT2D eigenvalue weighted by atomic mass is 16.6. The molecule has 0 aliphatic carbocycles. The van der Waals surface area contributed by atoms with Crippen LogP contribution in [-0.2, 0) is 11.3 Å². The van der Waals surface area contributed by atoms with E-state index in [-0.39, 0.29) is 0 Å². The van der Waals surface area contributed by atoms with Gasteiger partial charge in [-0.25, -0.2) is 0 Å². The molecule has 1 N–H and O–H groups in total. The average Bonchev–Trinajstić information content (AvgIpc) is 2.72. The molecular weight excluding hydrogens is 174 g/mol. The molecule has 0 fully saturated rings. The number of hydrogen-bond acceptors (Lipinski definition) is 2. The molecule has 0 saturated heterocycles. The molecule has 2 nitrogen and oxygen atoms in total. The Morgan fingerprint density at radius 1 is 1.14 bits per heavy atom. The van der Waals surface area contributed by atoms with Crippen molar-refractivity contribution >= 4 is 0 Å². The molecule has 0 radical (unpaired) electrons. The van der Waals surface area contributed by atoms with Gasteiger partial charge in [-0.1, -0.05) is 30.3 Å². The number of allylic oxidation sites excluding steroid dienone is 1. The van der Waals surface area contributed by atoms with Gasteiger partial charge in [-0.2, -0.15) is 0 Å². The van der Waals surface area contributed by atoms with Gasteiger partial charge in [0.2, 0.25) is 0 Å². The van der Waals surface area contributed by atoms with Gasteiger partial charge in [0.15, 0.2) is 0 Å². The van der Waals surface area contributed by atoms with Crippen LogP contribution in [0.2, 0.25) is 0 Å². The Kier molecular flexibility index (Phi) is 3.19. The third-order valence-corrected chi connectivity index (χ3v) is 2.37. The number of rotatable bonds is 4. The minimum absolute atomic E-state index is 0.709. The molecule has 1 aromatic carbocycles. The number of hydrogen-bond donors (Lipinski definition) is 1. The van der Waals surface area contributed by atoms with E-state index in [9.17, 15) is 0 Å². The van der Waals surface area contributed by atoms with E-state index in [0.717, 1.165) is 12.8 Å². The summed E-state index contributed by atoms with van der Waals surface area (Å²) in [4.78, 5) is 5.02. The van der Waals surface area contributed by atoms with E-state index < -0.39 is 0 Å². The lowest BCUT2D eigenvalue weighted by Gasteiger charge is -2.03. The zero-order chi connectivity index (χ0) is 9.64. The number of hydroxylamine groups is 1. The Morgan fingerprint density at radius 3 is 2.71 bits per heavy atom. The quantitative estimate of drug-likeness (QED) is 0.785. The zero-order valence-electron chi connectivity index (χ0n) is 8.20. The molecule has 2 rings (SSSR count). The summed E-state index contributed by atoms with van der Waals surface area (Å²) in [6.07, 6.45) is 5.49. The van der Waals surface area contributed by atoms with E-state index in [1.807, 2.05) is 0 Å². The van der Waals surface area contributed by atoms with Gasteiger partial charge >= 0.3 is 0 Å². The summed E-state index contributed by atoms with van der Waals surface area (Å²) < 4.78 is 0. The molecule has 0 spiro atoms. The summed E-state index contributed by atoms with van der Waals surface area (Å²) >= 11 is 0. The molecule has 1 aliphatic heterocycles. The van der Waals surface area contributed by atoms with E-state index in [1.54, 1.807) is 0 Å². The molecule has 0 aromatic heterocycles. The fraction of sp³-hybridized carbons (Fsp3) is 0.333. The second kappa shape index (κ2) is 4.82. The van der Waals surface area contributed by atoms with Gasteiger partial charge in [0.25, 0.3) is 0 Å². The number of aryl methyl sites for hydroxylation is 1. The summed E-state index contributed by atoms with van der Waals surface area (Å²) in [6, 6.07) is 10.6. The lowest BCUT2D eigenvalue weighted by molar-refractivity contribution is 0.106. The van der Waals surface area contributed by atoms with E-state index >= 15 is 0 Å². The maximum atomic E-state index is 5.02. The van der Waals surface area contributed by atoms with Crippen LogP contribution in [0.5, 0.6) is 0 Å². The molecule has 1 aliphatic rings. The number of benzene rings is 1. The predicted octanol–water partition coefficient (Wildman–Crippen LogP) is 2.43. The fourth-order valence-corrected chi connectivity index (χ4v) is 1.60. The molecule has 0 saturated carbocycles. The van der Waals surface area contributed by atoms with Gasteiger partial charge in [0.1, 0.15) is 0 Å². The predicted molar refractivity (Wildman–Crippen MR) is 56.6 cm³/mol. The monoisotopic (exact) mass is 189 g/mol. The van der Waals surface area contributed by atoms with Gasteiger partial charge in [-0.15, -0.1) is 0 Å². The SMILES string of the molecule is C1=C(CCCc2ccccc2)NOC1. The van der Waals surface area contributed by atoms with Crippen molar-refractivity contribution in [1.29, 1.82) is 0 Å². The van der Waals surface area contributed by atoms with Crippen LogP contribution in [0.4, 0.5) is 0 Å². The second-order valence-corrected chi connectivity index (χ2v) is 3.48. The van der Waals surface area contributed by atoms with Crippen molar-refractivity contribution in [2.24, 2.45) is 0 Å². The van der Waals surface area contributed by atoms with Crippen LogP contribution in [0.1, 0.15) is 18.4 Å². The van der Waals surface area contributed by atoms with Crippen LogP contribution in [0, 0.1) is 0 Å². The summed E-state index contributed by atoms with van der Waals surface area (Å²) in [7, 11) is 0. The number of nitrogens with one attached hydrogen (secondary N) is 1. The Morgan fingerprint density at radius 2 is 2.00 bits per heavy atom. The summed E-state index contributed by atoms with van der Waals surface area (Å²) in [5.41, 5.74) is 5.54. The topological polar surface area (TPSA) is 21.3 Å². The van der Waals surface area contributed by atoms with E-state index in [1.165, 1.54) is 17.7 Å². The Bertz CT molecular complexity index is 305. The fourth-order valence-electron chi connectivity index (χ4n) is 1.60. The maximum absolute atomic E-state index is 5.02. The van der Waals surface area contributed by atoms with Crippen molar-refractivity contribution in [2.45, 2.75) is 19.3 Å². The van der Waals surface area contributed by atoms with E-state index in [4.69, 9.17) is 4.84 Å². The largest absolute Gasteiger partial charge is 0.272 e. The Balaban J connectivity index is 1.73. The average molecular weight is 189 g/mol. The van der Waals surface area contributed by atoms with Gasteiger partial charge in [0.05, 0.1) is 6.61 Å². The lowest BCUT2D eigenvalue weighted by Crippen LogP contribution is -2.05. The Hall–Kier alpha value is -1.28. The highest BCUT2D eigenvalue weighted by molar-refractivity contribution is 5.15. The summed E-state index contributed by atoms with van der Waals surface area (Å²) in [6.45, 7) is 0.709. The summed E-state index contributed by atoms with van der Waals surface area (Å²) in [5, 5.41) is 0. The van der Waals surface area contributed by atoms with Gasteiger partial charge in [-0.3, -0.25) is 10.3 Å². The van der Waals surface area contributed by atoms with Gasteiger partial charge in [0, 0.05) is 5.70 Å². The van der Waals surface area contributed by atoms with Gasteiger partial charge < -0.3 is 0 Å². The van der Waals surface area contributed by atoms with Crippen molar-refractivity contribution in [3.8, 4) is 0 Å². The van der Waals surface area contributed by atoms with Crippen molar-refractivity contribution in [3.63, 3.8) is 0 Å². The second-order valence-electron chi connectivity index (χ2n) is 3.48. The minimum atomic E-state index is 0.709. The van der Waals surface area contributed by atoms with E-state index in [2.05, 4.69) is 41.9 Å². The van der Waals surface area contributed by atoms with Crippen LogP contribution in [0.3, 0.4) is 0 Å². The molecule has 1 heterocycles. The van der Waals surface area contributed by atoms with Crippen molar-refractivity contribution in [3.05, 3.63) is 47.7 Å². The molecule has 74 valence electrons. The van der Waals surface area contributed by atoms with Crippen LogP contribution < -0.4 is 5.48 Å². The standard InChI is InChI=1S/C12H15NO/c1-2-5-11(6-3-1)7-4-8-12-9-10-14-13-12/h1-3,5-6,9,13H,4,7-8,10H2. The first kappa shape index (κ1) is 9.28. The van der Waals surface area contributed by atoms with Crippen molar-refractivity contribution in [2.75, 3.05) is 6.61 Å². The molecule has 0 unspecified atom stereocenters. The Labute approximate surface area is 84.5 Å².